The van der Waals surface area contributed by atoms with Crippen LogP contribution in [0.25, 0.3) is 0 Å². The van der Waals surface area contributed by atoms with Gasteiger partial charge >= 0.3 is 5.97 Å². The zero-order valence-electron chi connectivity index (χ0n) is 82.5. The normalized spacial score (nSPS) is 11.3. The Kier molecular flexibility index (Phi) is 55.3. The number of methoxy groups -OCH3 is 9. The SMILES string of the molecule is COc1ccccc1OCC(=O)N(C)C.COc1ccccc1OCC(=O)N1CCCCC1.COc1ccccc1OCC(=O)O.COc1ccccc1OCC1CCNCC1.COc1ccccc1OCC=C(C)C.COc1ccccc1OCCC(C)C.COc1ccccc1OCCc1ccccc1.COc1ccccc1OCc1ccccc1.COc1ccccc1Oc1ccccc1. The van der Waals surface area contributed by atoms with Gasteiger partial charge in [0.05, 0.1) is 83.8 Å². The Labute approximate surface area is 816 Å². The topological polar surface area (TPSA) is 256 Å². The molecule has 12 aromatic rings. The van der Waals surface area contributed by atoms with E-state index in [4.69, 9.17) is 90.4 Å². The average molecular weight is 1890 g/mol. The monoisotopic (exact) mass is 1890 g/mol. The molecule has 14 rings (SSSR count). The Bertz CT molecular complexity index is 5320. The van der Waals surface area contributed by atoms with Crippen molar-refractivity contribution >= 4 is 17.8 Å². The number of allylic oxidation sites excluding steroid dienone is 1. The molecule has 25 nitrogen and oxygen atoms in total. The van der Waals surface area contributed by atoms with Gasteiger partial charge in [0, 0.05) is 33.6 Å². The molecule has 2 fully saturated rings. The number of benzene rings is 12. The molecule has 0 spiro atoms. The lowest BCUT2D eigenvalue weighted by Gasteiger charge is -2.26. The summed E-state index contributed by atoms with van der Waals surface area (Å²) in [6.45, 7) is 15.5. The summed E-state index contributed by atoms with van der Waals surface area (Å²) in [4.78, 5) is 36.8. The lowest BCUT2D eigenvalue weighted by atomic mass is 9.99. The highest BCUT2D eigenvalue weighted by atomic mass is 16.6. The van der Waals surface area contributed by atoms with Crippen LogP contribution in [0.3, 0.4) is 0 Å². The van der Waals surface area contributed by atoms with Crippen LogP contribution in [0.2, 0.25) is 0 Å². The van der Waals surface area contributed by atoms with E-state index in [2.05, 4.69) is 31.3 Å². The molecular formula is C113H139N3O22. The number of hydrogen-bond acceptors (Lipinski definition) is 22. The summed E-state index contributed by atoms with van der Waals surface area (Å²) in [6, 6.07) is 97.6. The first kappa shape index (κ1) is 112. The second-order valence-corrected chi connectivity index (χ2v) is 31.2. The van der Waals surface area contributed by atoms with Crippen molar-refractivity contribution in [1.29, 1.82) is 0 Å². The fourth-order valence-electron chi connectivity index (χ4n) is 12.6. The third-order valence-electron chi connectivity index (χ3n) is 20.2. The number of carbonyl (C=O) groups excluding carboxylic acids is 2. The number of nitrogens with one attached hydrogen (secondary N) is 1. The smallest absolute Gasteiger partial charge is 0.341 e. The Morgan fingerprint density at radius 1 is 0.362 bits per heavy atom. The van der Waals surface area contributed by atoms with Crippen molar-refractivity contribution in [2.24, 2.45) is 11.8 Å². The minimum Gasteiger partial charge on any atom is -0.493 e. The number of carbonyl (C=O) groups is 3. The number of para-hydroxylation sites is 19. The number of likely N-dealkylation sites (N-methyl/N-ethyl adjacent to an activating group) is 1. The number of carboxylic acids is 1. The van der Waals surface area contributed by atoms with Crippen LogP contribution < -0.4 is 90.6 Å². The molecule has 2 aliphatic rings. The zero-order chi connectivity index (χ0) is 99.4. The number of piperidine rings is 2. The highest BCUT2D eigenvalue weighted by Gasteiger charge is 2.19. The van der Waals surface area contributed by atoms with Crippen LogP contribution in [0.1, 0.15) is 77.3 Å². The van der Waals surface area contributed by atoms with Crippen LogP contribution in [-0.2, 0) is 27.4 Å². The minimum absolute atomic E-state index is 0.0212. The number of ether oxygens (including phenoxy) is 18. The molecule has 0 unspecified atom stereocenters. The lowest BCUT2D eigenvalue weighted by molar-refractivity contribution is -0.139. The summed E-state index contributed by atoms with van der Waals surface area (Å²) in [5.74, 6) is 14.0. The van der Waals surface area contributed by atoms with Crippen LogP contribution in [0.4, 0.5) is 0 Å². The van der Waals surface area contributed by atoms with Gasteiger partial charge in [0.25, 0.3) is 11.8 Å². The summed E-state index contributed by atoms with van der Waals surface area (Å²) >= 11 is 0. The minimum atomic E-state index is -1.01. The van der Waals surface area contributed by atoms with Crippen LogP contribution in [-0.4, -0.2) is 183 Å². The number of carboxylic acid groups (broad SMARTS) is 1. The molecule has 2 heterocycles. The van der Waals surface area contributed by atoms with Gasteiger partial charge in [-0.2, -0.15) is 0 Å². The molecule has 2 N–H and O–H groups in total. The van der Waals surface area contributed by atoms with Gasteiger partial charge in [-0.3, -0.25) is 9.59 Å². The quantitative estimate of drug-likeness (QED) is 0.0343. The van der Waals surface area contributed by atoms with Crippen molar-refractivity contribution in [3.05, 3.63) is 332 Å². The summed E-state index contributed by atoms with van der Waals surface area (Å²) in [5.41, 5.74) is 3.68. The van der Waals surface area contributed by atoms with E-state index < -0.39 is 5.97 Å². The van der Waals surface area contributed by atoms with Crippen LogP contribution in [0.5, 0.6) is 109 Å². The van der Waals surface area contributed by atoms with Gasteiger partial charge in [-0.05, 0) is 216 Å². The first-order valence-corrected chi connectivity index (χ1v) is 45.8. The molecule has 0 aliphatic carbocycles. The van der Waals surface area contributed by atoms with Crippen molar-refractivity contribution in [3.63, 3.8) is 0 Å². The van der Waals surface area contributed by atoms with Crippen LogP contribution in [0, 0.1) is 11.8 Å². The molecule has 0 aromatic heterocycles. The van der Waals surface area contributed by atoms with Gasteiger partial charge < -0.3 is 105 Å². The average Bonchev–Trinajstić information content (AvgIpc) is 0.876. The van der Waals surface area contributed by atoms with E-state index in [1.807, 2.05) is 286 Å². The molecule has 2 saturated heterocycles. The first-order valence-electron chi connectivity index (χ1n) is 45.8. The number of nitrogens with zero attached hydrogens (tertiary/aromatic N) is 2. The number of likely N-dealkylation sites (tertiary alicyclic amines) is 1. The predicted octanol–water partition coefficient (Wildman–Crippen LogP) is 22.7. The largest absolute Gasteiger partial charge is 0.493 e. The van der Waals surface area contributed by atoms with E-state index in [0.29, 0.717) is 66.2 Å². The standard InChI is InChI=1S/C15H16O2.C14H19NO3.C14H14O2.C13H19NO2.C13H12O2.C12H18O2.C12H16O2.C11H15NO3.C9H10O4/c1-16-14-9-5-6-10-15(14)17-12-11-13-7-3-2-4-8-13;1-17-12-7-3-4-8-13(12)18-11-14(16)15-9-5-2-6-10-15;1-15-13-9-5-6-10-14(13)16-11-12-7-3-2-4-8-12;1-15-12-4-2-3-5-13(12)16-10-11-6-8-14-9-7-11;1-14-12-9-5-6-10-13(12)15-11-7-3-2-4-8-11;2*1-10(2)8-9-14-12-7-5-4-6-11(12)13-3;1-12(2)11(13)8-15-10-7-5-4-6-9(10)14-3;1-12-7-4-2-3-5-8(7)13-6-9(10)11/h2-10H,11-12H2,1H3;3-4,7-8H,2,5-6,9-11H2,1H3;2-10H,11H2,1H3;2-5,11,14H,6-10H2,1H3;2-10H,1H3;4-7,10H,8-9H2,1-3H3;4-8H,9H2,1-3H3;4-7H,8H2,1-3H3;2-5H,6H2,1H3,(H,10,11). The van der Waals surface area contributed by atoms with Gasteiger partial charge in [0.1, 0.15) is 19.0 Å². The highest BCUT2D eigenvalue weighted by molar-refractivity contribution is 5.78. The Morgan fingerprint density at radius 3 is 1.04 bits per heavy atom. The van der Waals surface area contributed by atoms with Gasteiger partial charge in [-0.1, -0.05) is 207 Å². The van der Waals surface area contributed by atoms with Crippen molar-refractivity contribution in [3.8, 4) is 109 Å². The maximum Gasteiger partial charge on any atom is 0.341 e. The Morgan fingerprint density at radius 2 is 0.674 bits per heavy atom. The lowest BCUT2D eigenvalue weighted by Crippen LogP contribution is -2.38. The predicted molar refractivity (Wildman–Crippen MR) is 544 cm³/mol. The first-order chi connectivity index (χ1) is 67.3. The van der Waals surface area contributed by atoms with Gasteiger partial charge in [-0.25, -0.2) is 4.79 Å². The summed E-state index contributed by atoms with van der Waals surface area (Å²) in [5, 5.41) is 11.7. The second kappa shape index (κ2) is 68.2. The maximum absolute atomic E-state index is 11.9. The molecule has 12 aromatic carbocycles. The number of amides is 2. The fourth-order valence-corrected chi connectivity index (χ4v) is 12.6. The summed E-state index contributed by atoms with van der Waals surface area (Å²) in [6.07, 6.45) is 9.83. The molecule has 138 heavy (non-hydrogen) atoms. The third kappa shape index (κ3) is 45.0. The third-order valence-corrected chi connectivity index (χ3v) is 20.2. The molecule has 2 aliphatic heterocycles. The molecule has 0 bridgehead atoms. The Hall–Kier alpha value is -14.9. The van der Waals surface area contributed by atoms with E-state index in [0.717, 1.165) is 145 Å². The van der Waals surface area contributed by atoms with E-state index in [-0.39, 0.29) is 31.6 Å². The number of hydrogen-bond donors (Lipinski definition) is 2. The molecule has 0 atom stereocenters. The Balaban J connectivity index is 0.000000239. The van der Waals surface area contributed by atoms with Crippen LogP contribution in [0.15, 0.2) is 321 Å². The van der Waals surface area contributed by atoms with E-state index >= 15 is 0 Å². The summed E-state index contributed by atoms with van der Waals surface area (Å²) < 4.78 is 96.3. The molecule has 0 saturated carbocycles. The summed E-state index contributed by atoms with van der Waals surface area (Å²) in [7, 11) is 17.9. The molecular weight excluding hydrogens is 1750 g/mol. The van der Waals surface area contributed by atoms with Gasteiger partial charge in [0.15, 0.2) is 123 Å². The van der Waals surface area contributed by atoms with Crippen molar-refractivity contribution in [2.45, 2.75) is 79.2 Å². The second-order valence-electron chi connectivity index (χ2n) is 31.2. The van der Waals surface area contributed by atoms with Crippen molar-refractivity contribution < 1.29 is 105 Å². The van der Waals surface area contributed by atoms with Crippen molar-refractivity contribution in [2.75, 3.05) is 151 Å². The number of rotatable bonds is 37. The molecule has 738 valence electrons. The molecule has 2 amide bonds. The van der Waals surface area contributed by atoms with Crippen LogP contribution >= 0.6 is 0 Å². The molecule has 0 radical (unpaired) electrons. The zero-order valence-corrected chi connectivity index (χ0v) is 82.5. The maximum atomic E-state index is 11.9. The van der Waals surface area contributed by atoms with E-state index in [1.165, 1.54) is 42.4 Å². The van der Waals surface area contributed by atoms with E-state index in [1.54, 1.807) is 107 Å². The van der Waals surface area contributed by atoms with Gasteiger partial charge in [-0.15, -0.1) is 0 Å². The van der Waals surface area contributed by atoms with Crippen molar-refractivity contribution in [1.82, 2.24) is 15.1 Å². The molecule has 25 heteroatoms. The van der Waals surface area contributed by atoms with E-state index in [9.17, 15) is 14.4 Å². The number of aliphatic carboxylic acids is 1. The highest BCUT2D eigenvalue weighted by Crippen LogP contribution is 2.35. The van der Waals surface area contributed by atoms with Gasteiger partial charge in [0.2, 0.25) is 0 Å². The fraction of sp³-hybridized carbons (Fsp3) is 0.319.